The lowest BCUT2D eigenvalue weighted by molar-refractivity contribution is -0.137. The summed E-state index contributed by atoms with van der Waals surface area (Å²) in [6.45, 7) is 3.13. The van der Waals surface area contributed by atoms with Crippen molar-refractivity contribution < 1.29 is 14.4 Å². The first-order valence-corrected chi connectivity index (χ1v) is 11.7. The predicted molar refractivity (Wildman–Crippen MR) is 122 cm³/mol. The highest BCUT2D eigenvalue weighted by molar-refractivity contribution is 6.36. The zero-order chi connectivity index (χ0) is 22.4. The number of para-hydroxylation sites is 1. The summed E-state index contributed by atoms with van der Waals surface area (Å²) in [6, 6.07) is 12.2. The maximum atomic E-state index is 14.1. The topological polar surface area (TPSA) is 60.9 Å². The number of benzene rings is 2. The van der Waals surface area contributed by atoms with Crippen molar-refractivity contribution in [2.24, 2.45) is 11.8 Å². The first-order chi connectivity index (χ1) is 15.4. The summed E-state index contributed by atoms with van der Waals surface area (Å²) >= 11 is 12.4. The van der Waals surface area contributed by atoms with Gasteiger partial charge in [-0.3, -0.25) is 19.3 Å². The molecular formula is C24H21Cl2N3O3. The van der Waals surface area contributed by atoms with Gasteiger partial charge in [0.2, 0.25) is 11.8 Å². The fourth-order valence-corrected chi connectivity index (χ4v) is 7.09. The SMILES string of the molecule is CCN1C(=O)[C@@]2(c3ccccc31)[C@@H]1C(=O)N(c3cc(Cl)cc(Cl)c3)C(=O)[C@@H]1[C@@H]1CCCN12. The van der Waals surface area contributed by atoms with Crippen LogP contribution in [0.5, 0.6) is 0 Å². The van der Waals surface area contributed by atoms with E-state index in [1.807, 2.05) is 31.2 Å². The van der Waals surface area contributed by atoms with Gasteiger partial charge in [0.1, 0.15) is 5.54 Å². The number of hydrogen-bond donors (Lipinski definition) is 0. The minimum atomic E-state index is -1.15. The molecule has 6 nitrogen and oxygen atoms in total. The van der Waals surface area contributed by atoms with Gasteiger partial charge >= 0.3 is 0 Å². The van der Waals surface area contributed by atoms with E-state index in [-0.39, 0.29) is 23.8 Å². The molecule has 0 N–H and O–H groups in total. The second-order valence-electron chi connectivity index (χ2n) is 8.88. The molecule has 32 heavy (non-hydrogen) atoms. The van der Waals surface area contributed by atoms with Gasteiger partial charge in [-0.05, 0) is 50.6 Å². The molecule has 3 amide bonds. The quantitative estimate of drug-likeness (QED) is 0.626. The standard InChI is InChI=1S/C24H21Cl2N3O3/c1-2-27-17-7-4-3-6-16(17)24(23(27)32)20-19(18-8-5-9-28(18)24)21(30)29(22(20)31)15-11-13(25)10-14(26)12-15/h3-4,6-7,10-12,18-20H,2,5,8-9H2,1H3/t18-,19+,20-,24+/m0/s1. The van der Waals surface area contributed by atoms with Crippen LogP contribution in [0.2, 0.25) is 10.0 Å². The van der Waals surface area contributed by atoms with Crippen LogP contribution in [-0.2, 0) is 19.9 Å². The Morgan fingerprint density at radius 3 is 2.47 bits per heavy atom. The van der Waals surface area contributed by atoms with E-state index >= 15 is 0 Å². The minimum absolute atomic E-state index is 0.104. The molecular weight excluding hydrogens is 449 g/mol. The maximum absolute atomic E-state index is 14.1. The molecule has 8 heteroatoms. The van der Waals surface area contributed by atoms with Crippen LogP contribution in [0.15, 0.2) is 42.5 Å². The normalized spacial score (nSPS) is 31.1. The van der Waals surface area contributed by atoms with Gasteiger partial charge in [0, 0.05) is 33.9 Å². The largest absolute Gasteiger partial charge is 0.310 e. The molecule has 2 aromatic carbocycles. The summed E-state index contributed by atoms with van der Waals surface area (Å²) in [5.41, 5.74) is 0.870. The molecule has 0 unspecified atom stereocenters. The molecule has 2 aromatic rings. The minimum Gasteiger partial charge on any atom is -0.310 e. The van der Waals surface area contributed by atoms with Crippen LogP contribution in [-0.4, -0.2) is 41.8 Å². The van der Waals surface area contributed by atoms with E-state index in [1.54, 1.807) is 23.1 Å². The Morgan fingerprint density at radius 1 is 1.03 bits per heavy atom. The third-order valence-electron chi connectivity index (χ3n) is 7.57. The lowest BCUT2D eigenvalue weighted by Crippen LogP contribution is -2.56. The van der Waals surface area contributed by atoms with Crippen molar-refractivity contribution in [2.75, 3.05) is 22.9 Å². The molecule has 0 saturated carbocycles. The molecule has 0 aliphatic carbocycles. The van der Waals surface area contributed by atoms with Crippen LogP contribution in [0.1, 0.15) is 25.3 Å². The summed E-state index contributed by atoms with van der Waals surface area (Å²) in [5, 5.41) is 0.698. The maximum Gasteiger partial charge on any atom is 0.253 e. The zero-order valence-electron chi connectivity index (χ0n) is 17.4. The zero-order valence-corrected chi connectivity index (χ0v) is 18.9. The fraction of sp³-hybridized carbons (Fsp3) is 0.375. The lowest BCUT2D eigenvalue weighted by atomic mass is 9.75. The van der Waals surface area contributed by atoms with Crippen LogP contribution < -0.4 is 9.80 Å². The van der Waals surface area contributed by atoms with Gasteiger partial charge in [-0.25, -0.2) is 4.90 Å². The molecule has 0 radical (unpaired) electrons. The van der Waals surface area contributed by atoms with Crippen LogP contribution in [0, 0.1) is 11.8 Å². The van der Waals surface area contributed by atoms with Crippen LogP contribution in [0.25, 0.3) is 0 Å². The molecule has 6 rings (SSSR count). The summed E-state index contributed by atoms with van der Waals surface area (Å²) in [7, 11) is 0. The van der Waals surface area contributed by atoms with E-state index in [0.717, 1.165) is 24.1 Å². The average molecular weight is 470 g/mol. The van der Waals surface area contributed by atoms with Gasteiger partial charge in [-0.1, -0.05) is 41.4 Å². The molecule has 1 spiro atoms. The molecule has 164 valence electrons. The molecule has 4 atom stereocenters. The molecule has 4 aliphatic rings. The number of imide groups is 1. The van der Waals surface area contributed by atoms with Crippen molar-refractivity contribution in [3.05, 3.63) is 58.1 Å². The third-order valence-corrected chi connectivity index (χ3v) is 8.00. The lowest BCUT2D eigenvalue weighted by Gasteiger charge is -2.37. The summed E-state index contributed by atoms with van der Waals surface area (Å²) in [4.78, 5) is 46.9. The van der Waals surface area contributed by atoms with E-state index in [4.69, 9.17) is 23.2 Å². The second kappa shape index (κ2) is 6.80. The van der Waals surface area contributed by atoms with Crippen LogP contribution in [0.4, 0.5) is 11.4 Å². The Balaban J connectivity index is 1.57. The number of hydrogen-bond acceptors (Lipinski definition) is 4. The third kappa shape index (κ3) is 2.28. The van der Waals surface area contributed by atoms with Gasteiger partial charge in [-0.2, -0.15) is 0 Å². The number of rotatable bonds is 2. The molecule has 4 aliphatic heterocycles. The van der Waals surface area contributed by atoms with Crippen LogP contribution in [0.3, 0.4) is 0 Å². The fourth-order valence-electron chi connectivity index (χ4n) is 6.58. The van der Waals surface area contributed by atoms with Crippen molar-refractivity contribution in [1.82, 2.24) is 4.90 Å². The van der Waals surface area contributed by atoms with Crippen molar-refractivity contribution in [3.63, 3.8) is 0 Å². The molecule has 0 bridgehead atoms. The van der Waals surface area contributed by atoms with E-state index < -0.39 is 17.4 Å². The number of carbonyl (C=O) groups is 3. The summed E-state index contributed by atoms with van der Waals surface area (Å²) in [6.07, 6.45) is 1.68. The Morgan fingerprint density at radius 2 is 1.75 bits per heavy atom. The van der Waals surface area contributed by atoms with Gasteiger partial charge < -0.3 is 4.90 Å². The smallest absolute Gasteiger partial charge is 0.253 e. The molecule has 0 aromatic heterocycles. The Bertz CT molecular complexity index is 1180. The van der Waals surface area contributed by atoms with Gasteiger partial charge in [-0.15, -0.1) is 0 Å². The second-order valence-corrected chi connectivity index (χ2v) is 9.75. The van der Waals surface area contributed by atoms with Crippen molar-refractivity contribution in [3.8, 4) is 0 Å². The van der Waals surface area contributed by atoms with Crippen molar-refractivity contribution in [2.45, 2.75) is 31.3 Å². The Hall–Kier alpha value is -2.41. The van der Waals surface area contributed by atoms with E-state index in [1.165, 1.54) is 4.90 Å². The van der Waals surface area contributed by atoms with E-state index in [9.17, 15) is 14.4 Å². The number of halogens is 2. The Kier molecular flexibility index (Phi) is 4.29. The molecule has 3 saturated heterocycles. The number of carbonyl (C=O) groups excluding carboxylic acids is 3. The number of anilines is 2. The molecule has 4 heterocycles. The number of likely N-dealkylation sites (N-methyl/N-ethyl adjacent to an activating group) is 1. The predicted octanol–water partition coefficient (Wildman–Crippen LogP) is 3.84. The van der Waals surface area contributed by atoms with Gasteiger partial charge in [0.15, 0.2) is 0 Å². The summed E-state index contributed by atoms with van der Waals surface area (Å²) < 4.78 is 0. The Labute approximate surface area is 195 Å². The first kappa shape index (κ1) is 20.2. The van der Waals surface area contributed by atoms with Crippen molar-refractivity contribution >= 4 is 52.3 Å². The number of nitrogens with zero attached hydrogens (tertiary/aromatic N) is 3. The first-order valence-electron chi connectivity index (χ1n) is 10.9. The highest BCUT2D eigenvalue weighted by Crippen LogP contribution is 2.61. The highest BCUT2D eigenvalue weighted by atomic mass is 35.5. The van der Waals surface area contributed by atoms with Crippen molar-refractivity contribution in [1.29, 1.82) is 0 Å². The summed E-state index contributed by atoms with van der Waals surface area (Å²) in [5.74, 6) is -2.08. The van der Waals surface area contributed by atoms with Gasteiger partial charge in [0.25, 0.3) is 5.91 Å². The number of amides is 3. The van der Waals surface area contributed by atoms with E-state index in [0.29, 0.717) is 28.8 Å². The van der Waals surface area contributed by atoms with Gasteiger partial charge in [0.05, 0.1) is 17.5 Å². The average Bonchev–Trinajstić information content (AvgIpc) is 3.45. The monoisotopic (exact) mass is 469 g/mol. The highest BCUT2D eigenvalue weighted by Gasteiger charge is 2.75. The van der Waals surface area contributed by atoms with Crippen LogP contribution >= 0.6 is 23.2 Å². The number of fused-ring (bicyclic) bond motifs is 7. The molecule has 3 fully saturated rings. The van der Waals surface area contributed by atoms with E-state index in [2.05, 4.69) is 4.90 Å².